The van der Waals surface area contributed by atoms with Gasteiger partial charge in [0.2, 0.25) is 5.91 Å². The van der Waals surface area contributed by atoms with E-state index in [1.807, 2.05) is 30.3 Å². The number of nitrogens with zero attached hydrogens (tertiary/aromatic N) is 2. The fraction of sp³-hybridized carbons (Fsp3) is 0.333. The van der Waals surface area contributed by atoms with Crippen LogP contribution in [0.5, 0.6) is 0 Å². The molecule has 0 saturated carbocycles. The normalized spacial score (nSPS) is 16.4. The van der Waals surface area contributed by atoms with Crippen LogP contribution in [0.15, 0.2) is 54.6 Å². The number of carbonyl (C=O) groups excluding carboxylic acids is 2. The number of benzene rings is 2. The van der Waals surface area contributed by atoms with Crippen LogP contribution in [0.1, 0.15) is 26.2 Å². The number of anilines is 2. The van der Waals surface area contributed by atoms with Gasteiger partial charge in [-0.2, -0.15) is 0 Å². The predicted molar refractivity (Wildman–Crippen MR) is 104 cm³/mol. The monoisotopic (exact) mass is 369 g/mol. The summed E-state index contributed by atoms with van der Waals surface area (Å²) in [6, 6.07) is 14.9. The van der Waals surface area contributed by atoms with Gasteiger partial charge in [-0.15, -0.1) is 0 Å². The Morgan fingerprint density at radius 3 is 2.56 bits per heavy atom. The van der Waals surface area contributed by atoms with Gasteiger partial charge in [0.25, 0.3) is 0 Å². The van der Waals surface area contributed by atoms with Crippen LogP contribution < -0.4 is 15.1 Å². The molecule has 0 radical (unpaired) electrons. The second-order valence-electron chi connectivity index (χ2n) is 6.67. The Kier molecular flexibility index (Phi) is 6.06. The minimum atomic E-state index is -0.343. The Morgan fingerprint density at radius 1 is 1.19 bits per heavy atom. The molecule has 2 aromatic carbocycles. The van der Waals surface area contributed by atoms with Gasteiger partial charge in [-0.3, -0.25) is 9.69 Å². The molecule has 1 N–H and O–H groups in total. The third-order valence-electron chi connectivity index (χ3n) is 4.64. The zero-order valence-corrected chi connectivity index (χ0v) is 15.4. The van der Waals surface area contributed by atoms with Crippen molar-refractivity contribution in [2.24, 2.45) is 0 Å². The van der Waals surface area contributed by atoms with Gasteiger partial charge in [0.05, 0.1) is 6.04 Å². The van der Waals surface area contributed by atoms with Gasteiger partial charge in [-0.1, -0.05) is 31.5 Å². The maximum absolute atomic E-state index is 13.1. The standard InChI is InChI=1S/C21H24FN3O2/c1-2-3-13-24(18-7-5-4-6-8-18)21(27)23-17-14-20(26)25(15-17)19-11-9-16(22)10-12-19/h4-12,17H,2-3,13-15H2,1H3,(H,23,27)/t17-/m1/s1. The van der Waals surface area contributed by atoms with E-state index < -0.39 is 0 Å². The number of nitrogens with one attached hydrogen (secondary N) is 1. The number of hydrogen-bond acceptors (Lipinski definition) is 2. The number of halogens is 1. The number of carbonyl (C=O) groups is 2. The molecule has 0 unspecified atom stereocenters. The molecular weight excluding hydrogens is 345 g/mol. The van der Waals surface area contributed by atoms with E-state index in [1.54, 1.807) is 21.9 Å². The summed E-state index contributed by atoms with van der Waals surface area (Å²) in [5.41, 5.74) is 1.48. The Bertz CT molecular complexity index is 780. The second-order valence-corrected chi connectivity index (χ2v) is 6.67. The summed E-state index contributed by atoms with van der Waals surface area (Å²) >= 11 is 0. The van der Waals surface area contributed by atoms with Crippen molar-refractivity contribution < 1.29 is 14.0 Å². The van der Waals surface area contributed by atoms with E-state index in [0.29, 0.717) is 18.8 Å². The van der Waals surface area contributed by atoms with Crippen molar-refractivity contribution in [2.45, 2.75) is 32.2 Å². The lowest BCUT2D eigenvalue weighted by atomic mass is 10.2. The maximum atomic E-state index is 13.1. The van der Waals surface area contributed by atoms with Crippen LogP contribution >= 0.6 is 0 Å². The molecule has 3 rings (SSSR count). The first kappa shape index (κ1) is 18.9. The molecule has 0 spiro atoms. The van der Waals surface area contributed by atoms with Crippen LogP contribution in [0, 0.1) is 5.82 Å². The van der Waals surface area contributed by atoms with E-state index in [0.717, 1.165) is 18.5 Å². The molecular formula is C21H24FN3O2. The molecule has 27 heavy (non-hydrogen) atoms. The molecule has 1 atom stereocenters. The minimum absolute atomic E-state index is 0.0771. The summed E-state index contributed by atoms with van der Waals surface area (Å²) in [6.45, 7) is 3.08. The molecule has 1 aliphatic rings. The quantitative estimate of drug-likeness (QED) is 0.838. The summed E-state index contributed by atoms with van der Waals surface area (Å²) in [4.78, 5) is 28.5. The summed E-state index contributed by atoms with van der Waals surface area (Å²) < 4.78 is 13.1. The lowest BCUT2D eigenvalue weighted by molar-refractivity contribution is -0.117. The van der Waals surface area contributed by atoms with E-state index in [2.05, 4.69) is 12.2 Å². The Hall–Kier alpha value is -2.89. The number of amides is 3. The summed E-state index contributed by atoms with van der Waals surface area (Å²) in [5, 5.41) is 2.98. The number of urea groups is 1. The van der Waals surface area contributed by atoms with Crippen molar-refractivity contribution in [3.8, 4) is 0 Å². The van der Waals surface area contributed by atoms with Crippen LogP contribution in [0.3, 0.4) is 0 Å². The van der Waals surface area contributed by atoms with Crippen molar-refractivity contribution >= 4 is 23.3 Å². The Morgan fingerprint density at radius 2 is 1.89 bits per heavy atom. The van der Waals surface area contributed by atoms with Crippen molar-refractivity contribution in [3.63, 3.8) is 0 Å². The van der Waals surface area contributed by atoms with Crippen LogP contribution in [-0.4, -0.2) is 31.1 Å². The minimum Gasteiger partial charge on any atom is -0.333 e. The molecule has 1 heterocycles. The molecule has 3 amide bonds. The van der Waals surface area contributed by atoms with Crippen molar-refractivity contribution in [2.75, 3.05) is 22.9 Å². The van der Waals surface area contributed by atoms with Gasteiger partial charge >= 0.3 is 6.03 Å². The van der Waals surface area contributed by atoms with Gasteiger partial charge < -0.3 is 10.2 Å². The van der Waals surface area contributed by atoms with Crippen LogP contribution in [-0.2, 0) is 4.79 Å². The molecule has 5 nitrogen and oxygen atoms in total. The lowest BCUT2D eigenvalue weighted by Gasteiger charge is -2.25. The van der Waals surface area contributed by atoms with Crippen molar-refractivity contribution in [1.82, 2.24) is 5.32 Å². The molecule has 0 bridgehead atoms. The van der Waals surface area contributed by atoms with E-state index in [9.17, 15) is 14.0 Å². The van der Waals surface area contributed by atoms with Gasteiger partial charge in [-0.05, 0) is 42.8 Å². The Balaban J connectivity index is 1.67. The second kappa shape index (κ2) is 8.66. The van der Waals surface area contributed by atoms with Gasteiger partial charge in [0.15, 0.2) is 0 Å². The molecule has 1 fully saturated rings. The van der Waals surface area contributed by atoms with Crippen molar-refractivity contribution in [3.05, 3.63) is 60.4 Å². The highest BCUT2D eigenvalue weighted by Crippen LogP contribution is 2.22. The Labute approximate surface area is 158 Å². The average Bonchev–Trinajstić information content (AvgIpc) is 3.03. The van der Waals surface area contributed by atoms with Crippen LogP contribution in [0.2, 0.25) is 0 Å². The maximum Gasteiger partial charge on any atom is 0.322 e. The van der Waals surface area contributed by atoms with E-state index in [1.165, 1.54) is 12.1 Å². The molecule has 6 heteroatoms. The molecule has 1 aliphatic heterocycles. The van der Waals surface area contributed by atoms with Crippen LogP contribution in [0.25, 0.3) is 0 Å². The van der Waals surface area contributed by atoms with E-state index >= 15 is 0 Å². The van der Waals surface area contributed by atoms with Gasteiger partial charge in [0.1, 0.15) is 5.82 Å². The average molecular weight is 369 g/mol. The SMILES string of the molecule is CCCCN(C(=O)N[C@@H]1CC(=O)N(c2ccc(F)cc2)C1)c1ccccc1. The smallest absolute Gasteiger partial charge is 0.322 e. The third-order valence-corrected chi connectivity index (χ3v) is 4.64. The fourth-order valence-corrected chi connectivity index (χ4v) is 3.20. The lowest BCUT2D eigenvalue weighted by Crippen LogP contribution is -2.46. The molecule has 0 aliphatic carbocycles. The zero-order chi connectivity index (χ0) is 19.2. The highest BCUT2D eigenvalue weighted by Gasteiger charge is 2.32. The largest absolute Gasteiger partial charge is 0.333 e. The number of unbranched alkanes of at least 4 members (excludes halogenated alkanes) is 1. The van der Waals surface area contributed by atoms with Gasteiger partial charge in [0, 0.05) is 30.9 Å². The molecule has 2 aromatic rings. The van der Waals surface area contributed by atoms with E-state index in [4.69, 9.17) is 0 Å². The number of hydrogen-bond donors (Lipinski definition) is 1. The fourth-order valence-electron chi connectivity index (χ4n) is 3.20. The molecule has 0 aromatic heterocycles. The summed E-state index contributed by atoms with van der Waals surface area (Å²) in [6.07, 6.45) is 2.12. The first-order valence-electron chi connectivity index (χ1n) is 9.27. The first-order chi connectivity index (χ1) is 13.1. The van der Waals surface area contributed by atoms with Crippen molar-refractivity contribution in [1.29, 1.82) is 0 Å². The summed E-state index contributed by atoms with van der Waals surface area (Å²) in [5.74, 6) is -0.420. The third kappa shape index (κ3) is 4.64. The zero-order valence-electron chi connectivity index (χ0n) is 15.4. The first-order valence-corrected chi connectivity index (χ1v) is 9.27. The highest BCUT2D eigenvalue weighted by molar-refractivity contribution is 5.98. The van der Waals surface area contributed by atoms with Crippen LogP contribution in [0.4, 0.5) is 20.6 Å². The number of rotatable bonds is 6. The summed E-state index contributed by atoms with van der Waals surface area (Å²) in [7, 11) is 0. The van der Waals surface area contributed by atoms with Gasteiger partial charge in [-0.25, -0.2) is 9.18 Å². The number of para-hydroxylation sites is 1. The predicted octanol–water partition coefficient (Wildman–Crippen LogP) is 3.95. The highest BCUT2D eigenvalue weighted by atomic mass is 19.1. The molecule has 142 valence electrons. The van der Waals surface area contributed by atoms with E-state index in [-0.39, 0.29) is 30.2 Å². The molecule has 1 saturated heterocycles. The topological polar surface area (TPSA) is 52.7 Å².